The number of nitrogens with two attached hydrogens (primary N) is 2. The molecule has 0 aliphatic heterocycles. The van der Waals surface area contributed by atoms with Gasteiger partial charge >= 0.3 is 5.97 Å². The molecule has 0 aliphatic rings. The number of nitrogens with zero attached hydrogens (tertiary/aromatic N) is 3. The van der Waals surface area contributed by atoms with E-state index in [0.29, 0.717) is 32.9 Å². The minimum Gasteiger partial charge on any atom is -0.490 e. The number of carbonyl (C=O) groups excluding carboxylic acids is 1. The fourth-order valence-corrected chi connectivity index (χ4v) is 3.01. The van der Waals surface area contributed by atoms with Crippen LogP contribution in [0.25, 0.3) is 11.3 Å². The summed E-state index contributed by atoms with van der Waals surface area (Å²) in [5.74, 6) is 0.252. The number of hydrogen-bond acceptors (Lipinski definition) is 9. The summed E-state index contributed by atoms with van der Waals surface area (Å²) in [4.78, 5) is 19.5. The van der Waals surface area contributed by atoms with Crippen LogP contribution in [0.2, 0.25) is 0 Å². The SMILES string of the molecule is CCOC(=O)COc1c(I)cc(-c2nc(N)nc(N)c2C#N)cc1OCC. The van der Waals surface area contributed by atoms with Crippen LogP contribution in [0.4, 0.5) is 11.8 Å². The van der Waals surface area contributed by atoms with Crippen molar-refractivity contribution in [3.63, 3.8) is 0 Å². The number of aromatic nitrogens is 2. The monoisotopic (exact) mass is 483 g/mol. The van der Waals surface area contributed by atoms with Gasteiger partial charge in [-0.05, 0) is 48.6 Å². The van der Waals surface area contributed by atoms with E-state index in [-0.39, 0.29) is 30.5 Å². The van der Waals surface area contributed by atoms with E-state index >= 15 is 0 Å². The average molecular weight is 483 g/mol. The van der Waals surface area contributed by atoms with Crippen LogP contribution in [0, 0.1) is 14.9 Å². The van der Waals surface area contributed by atoms with Gasteiger partial charge in [-0.1, -0.05) is 0 Å². The van der Waals surface area contributed by atoms with Crippen LogP contribution in [0.5, 0.6) is 11.5 Å². The number of hydrogen-bond donors (Lipinski definition) is 2. The van der Waals surface area contributed by atoms with Gasteiger partial charge in [0.1, 0.15) is 17.5 Å². The molecule has 0 fully saturated rings. The van der Waals surface area contributed by atoms with Crippen LogP contribution in [0.1, 0.15) is 19.4 Å². The van der Waals surface area contributed by atoms with Crippen molar-refractivity contribution in [2.45, 2.75) is 13.8 Å². The van der Waals surface area contributed by atoms with Crippen molar-refractivity contribution in [3.05, 3.63) is 21.3 Å². The summed E-state index contributed by atoms with van der Waals surface area (Å²) in [5.41, 5.74) is 12.4. The lowest BCUT2D eigenvalue weighted by atomic mass is 10.1. The molecule has 10 heteroatoms. The van der Waals surface area contributed by atoms with Crippen molar-refractivity contribution in [1.29, 1.82) is 5.26 Å². The third-order valence-electron chi connectivity index (χ3n) is 3.29. The summed E-state index contributed by atoms with van der Waals surface area (Å²) < 4.78 is 16.7. The highest BCUT2D eigenvalue weighted by molar-refractivity contribution is 14.1. The first-order chi connectivity index (χ1) is 12.9. The van der Waals surface area contributed by atoms with Gasteiger partial charge in [0.15, 0.2) is 18.1 Å². The molecule has 0 radical (unpaired) electrons. The predicted molar refractivity (Wildman–Crippen MR) is 107 cm³/mol. The van der Waals surface area contributed by atoms with E-state index in [1.165, 1.54) is 0 Å². The predicted octanol–water partition coefficient (Wildman–Crippen LogP) is 2.12. The van der Waals surface area contributed by atoms with E-state index in [9.17, 15) is 10.1 Å². The molecular formula is C17H18IN5O4. The van der Waals surface area contributed by atoms with E-state index in [2.05, 4.69) is 9.97 Å². The highest BCUT2D eigenvalue weighted by atomic mass is 127. The second kappa shape index (κ2) is 9.22. The van der Waals surface area contributed by atoms with Gasteiger partial charge in [0.2, 0.25) is 5.95 Å². The van der Waals surface area contributed by atoms with E-state index in [4.69, 9.17) is 25.7 Å². The molecule has 0 bridgehead atoms. The van der Waals surface area contributed by atoms with Crippen molar-refractivity contribution in [2.24, 2.45) is 0 Å². The molecule has 0 saturated heterocycles. The molecule has 0 unspecified atom stereocenters. The standard InChI is InChI=1S/C17H18IN5O4/c1-3-25-12-6-9(14-10(7-19)16(20)23-17(21)22-14)5-11(18)15(12)27-8-13(24)26-4-2/h5-6H,3-4,8H2,1-2H3,(H4,20,21,22,23). The van der Waals surface area contributed by atoms with E-state index in [1.54, 1.807) is 19.1 Å². The van der Waals surface area contributed by atoms with Crippen molar-refractivity contribution >= 4 is 40.3 Å². The van der Waals surface area contributed by atoms with Gasteiger partial charge in [-0.15, -0.1) is 0 Å². The molecule has 2 aromatic rings. The van der Waals surface area contributed by atoms with Crippen LogP contribution >= 0.6 is 22.6 Å². The smallest absolute Gasteiger partial charge is 0.344 e. The number of esters is 1. The van der Waals surface area contributed by atoms with Crippen LogP contribution in [0.3, 0.4) is 0 Å². The number of nitriles is 1. The van der Waals surface area contributed by atoms with Gasteiger partial charge in [0, 0.05) is 5.56 Å². The van der Waals surface area contributed by atoms with Gasteiger partial charge in [0.05, 0.1) is 22.5 Å². The quantitative estimate of drug-likeness (QED) is 0.447. The molecule has 0 saturated carbocycles. The van der Waals surface area contributed by atoms with Gasteiger partial charge < -0.3 is 25.7 Å². The summed E-state index contributed by atoms with van der Waals surface area (Å²) in [5, 5.41) is 9.38. The Bertz CT molecular complexity index is 898. The summed E-state index contributed by atoms with van der Waals surface area (Å²) in [7, 11) is 0. The first-order valence-corrected chi connectivity index (χ1v) is 9.07. The molecule has 4 N–H and O–H groups in total. The van der Waals surface area contributed by atoms with Gasteiger partial charge in [-0.2, -0.15) is 10.2 Å². The Kier molecular flexibility index (Phi) is 7.00. The Hall–Kier alpha value is -2.81. The third-order valence-corrected chi connectivity index (χ3v) is 4.09. The fraction of sp³-hybridized carbons (Fsp3) is 0.294. The minimum atomic E-state index is -0.483. The topological polar surface area (TPSA) is 146 Å². The lowest BCUT2D eigenvalue weighted by Crippen LogP contribution is -2.15. The fourth-order valence-electron chi connectivity index (χ4n) is 2.26. The molecule has 2 rings (SSSR count). The normalized spacial score (nSPS) is 10.1. The second-order valence-corrected chi connectivity index (χ2v) is 6.28. The first kappa shape index (κ1) is 20.5. The number of carbonyl (C=O) groups is 1. The molecule has 0 aliphatic carbocycles. The average Bonchev–Trinajstić information content (AvgIpc) is 2.60. The number of ether oxygens (including phenoxy) is 3. The highest BCUT2D eigenvalue weighted by Gasteiger charge is 2.19. The Balaban J connectivity index is 2.50. The largest absolute Gasteiger partial charge is 0.490 e. The lowest BCUT2D eigenvalue weighted by Gasteiger charge is -2.15. The maximum Gasteiger partial charge on any atom is 0.344 e. The minimum absolute atomic E-state index is 0.00407. The van der Waals surface area contributed by atoms with E-state index in [1.807, 2.05) is 35.6 Å². The molecule has 142 valence electrons. The molecule has 1 aromatic heterocycles. The molecule has 0 amide bonds. The third kappa shape index (κ3) is 4.88. The Morgan fingerprint density at radius 1 is 1.22 bits per heavy atom. The zero-order valence-corrected chi connectivity index (χ0v) is 16.9. The summed E-state index contributed by atoms with van der Waals surface area (Å²) in [6, 6.07) is 5.36. The van der Waals surface area contributed by atoms with Crippen LogP contribution < -0.4 is 20.9 Å². The zero-order valence-electron chi connectivity index (χ0n) is 14.8. The van der Waals surface area contributed by atoms with Crippen molar-refractivity contribution in [3.8, 4) is 28.8 Å². The summed E-state index contributed by atoms with van der Waals surface area (Å²) >= 11 is 2.04. The number of nitrogen functional groups attached to an aromatic ring is 2. The van der Waals surface area contributed by atoms with Crippen LogP contribution in [-0.4, -0.2) is 35.8 Å². The molecule has 1 heterocycles. The first-order valence-electron chi connectivity index (χ1n) is 7.99. The highest BCUT2D eigenvalue weighted by Crippen LogP contribution is 2.38. The molecule has 0 spiro atoms. The summed E-state index contributed by atoms with van der Waals surface area (Å²) in [6.45, 7) is 3.92. The maximum absolute atomic E-state index is 11.6. The molecule has 9 nitrogen and oxygen atoms in total. The molecule has 27 heavy (non-hydrogen) atoms. The van der Waals surface area contributed by atoms with Crippen molar-refractivity contribution in [1.82, 2.24) is 9.97 Å². The van der Waals surface area contributed by atoms with Gasteiger partial charge in [-0.3, -0.25) is 0 Å². The number of benzene rings is 1. The van der Waals surface area contributed by atoms with Crippen molar-refractivity contribution < 1.29 is 19.0 Å². The van der Waals surface area contributed by atoms with E-state index < -0.39 is 5.97 Å². The lowest BCUT2D eigenvalue weighted by molar-refractivity contribution is -0.145. The van der Waals surface area contributed by atoms with Gasteiger partial charge in [0.25, 0.3) is 0 Å². The maximum atomic E-state index is 11.6. The Morgan fingerprint density at radius 2 is 1.96 bits per heavy atom. The molecule has 0 atom stereocenters. The molecule has 1 aromatic carbocycles. The summed E-state index contributed by atoms with van der Waals surface area (Å²) in [6.07, 6.45) is 0. The molecular weight excluding hydrogens is 465 g/mol. The Morgan fingerprint density at radius 3 is 2.59 bits per heavy atom. The second-order valence-electron chi connectivity index (χ2n) is 5.11. The van der Waals surface area contributed by atoms with Gasteiger partial charge in [-0.25, -0.2) is 9.78 Å². The number of halogens is 1. The van der Waals surface area contributed by atoms with E-state index in [0.717, 1.165) is 0 Å². The Labute approximate surface area is 169 Å². The van der Waals surface area contributed by atoms with Crippen LogP contribution in [0.15, 0.2) is 12.1 Å². The number of rotatable bonds is 7. The van der Waals surface area contributed by atoms with Crippen molar-refractivity contribution in [2.75, 3.05) is 31.3 Å². The number of anilines is 2. The zero-order chi connectivity index (χ0) is 20.0. The van der Waals surface area contributed by atoms with Crippen LogP contribution in [-0.2, 0) is 9.53 Å².